The first-order chi connectivity index (χ1) is 7.12. The molecule has 0 heterocycles. The molecule has 17 heavy (non-hydrogen) atoms. The van der Waals surface area contributed by atoms with Crippen LogP contribution in [0.4, 0.5) is 0 Å². The van der Waals surface area contributed by atoms with Gasteiger partial charge in [0.05, 0.1) is 0 Å². The van der Waals surface area contributed by atoms with Crippen molar-refractivity contribution in [1.82, 2.24) is 0 Å². The van der Waals surface area contributed by atoms with Crippen molar-refractivity contribution >= 4 is 20.6 Å². The number of hydrogen-bond acceptors (Lipinski definition) is 0. The Morgan fingerprint density at radius 1 is 0.588 bits per heavy atom. The van der Waals surface area contributed by atoms with Crippen LogP contribution in [0.3, 0.4) is 0 Å². The van der Waals surface area contributed by atoms with E-state index >= 15 is 0 Å². The molecule has 0 radical (unpaired) electrons. The molecule has 0 saturated heterocycles. The van der Waals surface area contributed by atoms with E-state index in [4.69, 9.17) is 0 Å². The van der Waals surface area contributed by atoms with Gasteiger partial charge in [0.2, 0.25) is 0 Å². The van der Waals surface area contributed by atoms with Gasteiger partial charge in [0.1, 0.15) is 0 Å². The summed E-state index contributed by atoms with van der Waals surface area (Å²) in [5.41, 5.74) is 0.361. The van der Waals surface area contributed by atoms with Gasteiger partial charge in [-0.25, -0.2) is 0 Å². The molecule has 0 aromatic rings. The van der Waals surface area contributed by atoms with Crippen LogP contribution in [-0.2, 0) is 0 Å². The van der Waals surface area contributed by atoms with E-state index in [9.17, 15) is 0 Å². The average Bonchev–Trinajstić information content (AvgIpc) is 1.65. The van der Waals surface area contributed by atoms with Crippen LogP contribution in [0.1, 0.15) is 62.3 Å². The summed E-state index contributed by atoms with van der Waals surface area (Å²) in [5.74, 6) is 0. The minimum atomic E-state index is -0.959. The van der Waals surface area contributed by atoms with E-state index < -0.39 is 5.51 Å². The third-order valence-electron chi connectivity index (χ3n) is 2.29. The summed E-state index contributed by atoms with van der Waals surface area (Å²) in [6.07, 6.45) is 4.11. The average molecular weight is 323 g/mol. The van der Waals surface area contributed by atoms with Crippen molar-refractivity contribution in [3.05, 3.63) is 0 Å². The molecule has 0 atom stereocenters. The van der Waals surface area contributed by atoms with E-state index in [2.05, 4.69) is 77.4 Å². The van der Waals surface area contributed by atoms with E-state index in [1.54, 1.807) is 0 Å². The van der Waals surface area contributed by atoms with E-state index in [1.807, 2.05) is 0 Å². The third kappa shape index (κ3) is 10.5. The second-order valence-electron chi connectivity index (χ2n) is 9.21. The Kier molecular flexibility index (Phi) is 5.83. The van der Waals surface area contributed by atoms with Crippen molar-refractivity contribution in [1.29, 1.82) is 0 Å². The van der Waals surface area contributed by atoms with Gasteiger partial charge in [-0.05, 0) is 0 Å². The molecule has 0 nitrogen and oxygen atoms in total. The van der Waals surface area contributed by atoms with Crippen LogP contribution in [0, 0.1) is 16.2 Å². The summed E-state index contributed by atoms with van der Waals surface area (Å²) in [5, 5.41) is 0. The van der Waals surface area contributed by atoms with Crippen LogP contribution in [0.25, 0.3) is 0 Å². The molecule has 0 aromatic heterocycles. The van der Waals surface area contributed by atoms with E-state index in [1.165, 1.54) is 18.5 Å². The number of rotatable bonds is 3. The van der Waals surface area contributed by atoms with Gasteiger partial charge in [0.15, 0.2) is 0 Å². The maximum absolute atomic E-state index is 3.67. The molecular formula is C15H33PSe. The topological polar surface area (TPSA) is 0 Å². The third-order valence-corrected chi connectivity index (χ3v) is 9.30. The van der Waals surface area contributed by atoms with Gasteiger partial charge in [0.25, 0.3) is 0 Å². The molecule has 0 saturated carbocycles. The second-order valence-corrected chi connectivity index (χ2v) is 17.2. The van der Waals surface area contributed by atoms with Crippen molar-refractivity contribution in [3.63, 3.8) is 0 Å². The summed E-state index contributed by atoms with van der Waals surface area (Å²) in [4.78, 5) is 0. The van der Waals surface area contributed by atoms with Gasteiger partial charge in [-0.15, -0.1) is 0 Å². The van der Waals surface area contributed by atoms with E-state index in [0.29, 0.717) is 16.2 Å². The first-order valence-electron chi connectivity index (χ1n) is 6.69. The van der Waals surface area contributed by atoms with Crippen LogP contribution in [0.15, 0.2) is 0 Å². The zero-order chi connectivity index (χ0) is 14.1. The summed E-state index contributed by atoms with van der Waals surface area (Å²) in [6, 6.07) is 0. The fourth-order valence-corrected chi connectivity index (χ4v) is 15.6. The van der Waals surface area contributed by atoms with Gasteiger partial charge in [0, 0.05) is 0 Å². The molecule has 0 aliphatic rings. The summed E-state index contributed by atoms with van der Waals surface area (Å²) < 4.78 is 0. The number of hydrogen-bond donors (Lipinski definition) is 0. The molecule has 2 heteroatoms. The molecule has 0 aliphatic heterocycles. The van der Waals surface area contributed by atoms with Crippen LogP contribution >= 0.6 is 5.51 Å². The fraction of sp³-hybridized carbons (Fsp3) is 1.00. The van der Waals surface area contributed by atoms with Crippen molar-refractivity contribution in [2.24, 2.45) is 16.2 Å². The van der Waals surface area contributed by atoms with Gasteiger partial charge >= 0.3 is 118 Å². The molecule has 0 fully saturated rings. The van der Waals surface area contributed by atoms with E-state index in [-0.39, 0.29) is 0 Å². The minimum absolute atomic E-state index is 0.440. The van der Waals surface area contributed by atoms with Crippen LogP contribution in [0.2, 0.25) is 0 Å². The normalized spacial score (nSPS) is 15.1. The molecule has 0 amide bonds. The second kappa shape index (κ2) is 5.52. The van der Waals surface area contributed by atoms with Crippen molar-refractivity contribution < 1.29 is 0 Å². The standard InChI is InChI=1S/C15H33PSe/c1-13(2,3)10-16(17,11-14(4,5)6)12-15(7,8)9/h10-12H2,1-9H3. The molecular weight excluding hydrogens is 290 g/mol. The van der Waals surface area contributed by atoms with Gasteiger partial charge in [-0.1, -0.05) is 0 Å². The Balaban J connectivity index is 5.03. The molecule has 0 spiro atoms. The van der Waals surface area contributed by atoms with Gasteiger partial charge < -0.3 is 0 Å². The van der Waals surface area contributed by atoms with Crippen LogP contribution < -0.4 is 0 Å². The Morgan fingerprint density at radius 3 is 0.882 bits per heavy atom. The molecule has 0 aliphatic carbocycles. The SMILES string of the molecule is CC(C)(C)CP(=[Se])(CC(C)(C)C)CC(C)(C)C. The molecule has 0 bridgehead atoms. The zero-order valence-corrected chi connectivity index (χ0v) is 16.1. The molecule has 0 aromatic carbocycles. The summed E-state index contributed by atoms with van der Waals surface area (Å²) >= 11 is 3.67. The van der Waals surface area contributed by atoms with E-state index in [0.717, 1.165) is 0 Å². The maximum atomic E-state index is 3.67. The Hall–Kier alpha value is 0.949. The fourth-order valence-electron chi connectivity index (χ4n) is 2.76. The van der Waals surface area contributed by atoms with Crippen LogP contribution in [-0.4, -0.2) is 33.6 Å². The van der Waals surface area contributed by atoms with Gasteiger partial charge in [-0.3, -0.25) is 0 Å². The summed E-state index contributed by atoms with van der Waals surface area (Å²) in [7, 11) is 0. The summed E-state index contributed by atoms with van der Waals surface area (Å²) in [6.45, 7) is 21.4. The van der Waals surface area contributed by atoms with Crippen molar-refractivity contribution in [2.45, 2.75) is 62.3 Å². The van der Waals surface area contributed by atoms with Crippen LogP contribution in [0.5, 0.6) is 0 Å². The Labute approximate surface area is 118 Å². The Morgan fingerprint density at radius 2 is 0.765 bits per heavy atom. The monoisotopic (exact) mass is 324 g/mol. The van der Waals surface area contributed by atoms with Crippen molar-refractivity contribution in [2.75, 3.05) is 18.5 Å². The predicted molar refractivity (Wildman–Crippen MR) is 85.6 cm³/mol. The first kappa shape index (κ1) is 17.9. The Bertz CT molecular complexity index is 236. The van der Waals surface area contributed by atoms with Gasteiger partial charge in [-0.2, -0.15) is 0 Å². The molecule has 0 N–H and O–H groups in total. The molecule has 0 unspecified atom stereocenters. The molecule has 0 rings (SSSR count). The zero-order valence-electron chi connectivity index (χ0n) is 13.5. The quantitative estimate of drug-likeness (QED) is 0.493. The predicted octanol–water partition coefficient (Wildman–Crippen LogP) is 5.23. The van der Waals surface area contributed by atoms with Crippen molar-refractivity contribution in [3.8, 4) is 0 Å². The first-order valence-corrected chi connectivity index (χ1v) is 11.3. The molecule has 104 valence electrons.